The molecule has 0 N–H and O–H groups in total. The van der Waals surface area contributed by atoms with Crippen molar-refractivity contribution in [1.29, 1.82) is 0 Å². The monoisotopic (exact) mass is 374 g/mol. The summed E-state index contributed by atoms with van der Waals surface area (Å²) < 4.78 is 6.11. The summed E-state index contributed by atoms with van der Waals surface area (Å²) in [5, 5.41) is 12.1. The number of nitro groups is 1. The molecule has 7 nitrogen and oxygen atoms in total. The number of hydroxylamine groups is 2. The molecule has 0 aliphatic rings. The first kappa shape index (κ1) is 23.7. The summed E-state index contributed by atoms with van der Waals surface area (Å²) in [5.74, 6) is -0.603. The van der Waals surface area contributed by atoms with Crippen molar-refractivity contribution in [3.8, 4) is 0 Å². The van der Waals surface area contributed by atoms with Crippen molar-refractivity contribution in [2.45, 2.75) is 58.2 Å². The molecule has 0 aromatic rings. The first-order valence-corrected chi connectivity index (χ1v) is 11.6. The highest BCUT2D eigenvalue weighted by Gasteiger charge is 2.36. The van der Waals surface area contributed by atoms with Gasteiger partial charge in [-0.05, 0) is 31.0 Å². The van der Waals surface area contributed by atoms with E-state index in [9.17, 15) is 14.9 Å². The van der Waals surface area contributed by atoms with Crippen LogP contribution in [0.5, 0.6) is 0 Å². The van der Waals surface area contributed by atoms with Gasteiger partial charge in [-0.15, -0.1) is 0 Å². The standard InChI is InChI=1S/C17H34N2O5Si/c1-17(2,3)25(6,7)24-13-9-8-10-15(14-19(21)22)11-12-16(20)18(4)23-5/h11-12,15H,8-10,13-14H2,1-7H3/b12-11+/t15-/m0/s1. The molecule has 0 saturated carbocycles. The molecule has 146 valence electrons. The van der Waals surface area contributed by atoms with Crippen molar-refractivity contribution in [2.75, 3.05) is 27.3 Å². The Morgan fingerprint density at radius 1 is 1.32 bits per heavy atom. The quantitative estimate of drug-likeness (QED) is 0.181. The summed E-state index contributed by atoms with van der Waals surface area (Å²) in [7, 11) is 1.14. The summed E-state index contributed by atoms with van der Waals surface area (Å²) >= 11 is 0. The van der Waals surface area contributed by atoms with Crippen molar-refractivity contribution < 1.29 is 19.0 Å². The maximum absolute atomic E-state index is 11.7. The van der Waals surface area contributed by atoms with Crippen molar-refractivity contribution in [3.63, 3.8) is 0 Å². The van der Waals surface area contributed by atoms with Crippen LogP contribution in [0.2, 0.25) is 18.1 Å². The fourth-order valence-corrected chi connectivity index (χ4v) is 2.99. The van der Waals surface area contributed by atoms with Crippen LogP contribution in [0.4, 0.5) is 0 Å². The summed E-state index contributed by atoms with van der Waals surface area (Å²) in [4.78, 5) is 26.9. The average Bonchev–Trinajstić information content (AvgIpc) is 2.49. The van der Waals surface area contributed by atoms with Gasteiger partial charge in [0.25, 0.3) is 5.91 Å². The van der Waals surface area contributed by atoms with Gasteiger partial charge in [-0.1, -0.05) is 33.3 Å². The summed E-state index contributed by atoms with van der Waals surface area (Å²) in [6.07, 6.45) is 5.29. The number of hydrogen-bond donors (Lipinski definition) is 0. The van der Waals surface area contributed by atoms with Crippen LogP contribution in [0.3, 0.4) is 0 Å². The molecule has 0 radical (unpaired) electrons. The van der Waals surface area contributed by atoms with Crippen molar-refractivity contribution in [3.05, 3.63) is 22.3 Å². The highest BCUT2D eigenvalue weighted by Crippen LogP contribution is 2.36. The molecule has 0 bridgehead atoms. The van der Waals surface area contributed by atoms with Gasteiger partial charge in [0, 0.05) is 30.6 Å². The largest absolute Gasteiger partial charge is 0.417 e. The van der Waals surface area contributed by atoms with E-state index in [-0.39, 0.29) is 28.3 Å². The van der Waals surface area contributed by atoms with Crippen LogP contribution < -0.4 is 0 Å². The lowest BCUT2D eigenvalue weighted by Crippen LogP contribution is -2.40. The van der Waals surface area contributed by atoms with Crippen molar-refractivity contribution in [2.24, 2.45) is 5.92 Å². The van der Waals surface area contributed by atoms with E-state index in [0.717, 1.165) is 17.9 Å². The molecule has 0 aromatic carbocycles. The Bertz CT molecular complexity index is 460. The van der Waals surface area contributed by atoms with Gasteiger partial charge in [0.15, 0.2) is 8.32 Å². The number of nitrogens with zero attached hydrogens (tertiary/aromatic N) is 2. The molecule has 1 amide bonds. The van der Waals surface area contributed by atoms with E-state index >= 15 is 0 Å². The Morgan fingerprint density at radius 2 is 1.92 bits per heavy atom. The van der Waals surface area contributed by atoms with Gasteiger partial charge in [0.2, 0.25) is 6.54 Å². The highest BCUT2D eigenvalue weighted by atomic mass is 28.4. The van der Waals surface area contributed by atoms with Gasteiger partial charge < -0.3 is 4.43 Å². The average molecular weight is 375 g/mol. The second-order valence-corrected chi connectivity index (χ2v) is 12.6. The van der Waals surface area contributed by atoms with Gasteiger partial charge in [0.05, 0.1) is 7.11 Å². The minimum Gasteiger partial charge on any atom is -0.417 e. The van der Waals surface area contributed by atoms with Crippen LogP contribution in [-0.4, -0.2) is 51.5 Å². The molecule has 0 aliphatic heterocycles. The van der Waals surface area contributed by atoms with E-state index in [1.54, 1.807) is 6.08 Å². The molecule has 0 aromatic heterocycles. The molecule has 1 atom stereocenters. The maximum Gasteiger partial charge on any atom is 0.269 e. The van der Waals surface area contributed by atoms with E-state index in [4.69, 9.17) is 9.26 Å². The number of unbranched alkanes of at least 4 members (excludes halogenated alkanes) is 1. The van der Waals surface area contributed by atoms with E-state index in [1.165, 1.54) is 20.2 Å². The second-order valence-electron chi connectivity index (χ2n) is 7.76. The Hall–Kier alpha value is -1.25. The van der Waals surface area contributed by atoms with E-state index in [2.05, 4.69) is 33.9 Å². The zero-order valence-corrected chi connectivity index (χ0v) is 17.7. The SMILES string of the molecule is CON(C)C(=O)/C=C/[C@H](CCCCO[Si](C)(C)C(C)(C)C)C[N+](=O)[O-]. The van der Waals surface area contributed by atoms with Crippen LogP contribution in [0.15, 0.2) is 12.2 Å². The second kappa shape index (κ2) is 10.7. The predicted octanol–water partition coefficient (Wildman–Crippen LogP) is 3.65. The Kier molecular flexibility index (Phi) is 10.1. The molecule has 0 fully saturated rings. The third kappa shape index (κ3) is 9.71. The lowest BCUT2D eigenvalue weighted by atomic mass is 10.0. The van der Waals surface area contributed by atoms with Gasteiger partial charge >= 0.3 is 0 Å². The van der Waals surface area contributed by atoms with Crippen LogP contribution in [0.1, 0.15) is 40.0 Å². The summed E-state index contributed by atoms with van der Waals surface area (Å²) in [6, 6.07) is 0. The molecule has 0 aliphatic carbocycles. The number of rotatable bonds is 11. The maximum atomic E-state index is 11.7. The van der Waals surface area contributed by atoms with Crippen LogP contribution in [0, 0.1) is 16.0 Å². The molecule has 0 heterocycles. The van der Waals surface area contributed by atoms with E-state index in [0.29, 0.717) is 13.0 Å². The Balaban J connectivity index is 4.40. The van der Waals surface area contributed by atoms with Crippen LogP contribution >= 0.6 is 0 Å². The van der Waals surface area contributed by atoms with Gasteiger partial charge in [-0.2, -0.15) is 0 Å². The molecular formula is C17H34N2O5Si. The Morgan fingerprint density at radius 3 is 2.40 bits per heavy atom. The zero-order valence-electron chi connectivity index (χ0n) is 16.7. The predicted molar refractivity (Wildman–Crippen MR) is 101 cm³/mol. The molecule has 8 heteroatoms. The molecule has 25 heavy (non-hydrogen) atoms. The fourth-order valence-electron chi connectivity index (χ4n) is 1.91. The summed E-state index contributed by atoms with van der Waals surface area (Å²) in [6.45, 7) is 11.5. The highest BCUT2D eigenvalue weighted by molar-refractivity contribution is 6.74. The van der Waals surface area contributed by atoms with Crippen molar-refractivity contribution >= 4 is 14.2 Å². The van der Waals surface area contributed by atoms with Gasteiger partial charge in [-0.3, -0.25) is 19.7 Å². The molecular weight excluding hydrogens is 340 g/mol. The zero-order chi connectivity index (χ0) is 19.7. The smallest absolute Gasteiger partial charge is 0.269 e. The third-order valence-corrected chi connectivity index (χ3v) is 9.26. The number of likely N-dealkylation sites (N-methyl/N-ethyl adjacent to an activating group) is 1. The van der Waals surface area contributed by atoms with Crippen LogP contribution in [-0.2, 0) is 14.1 Å². The minimum atomic E-state index is -1.74. The molecule has 0 rings (SSSR count). The first-order chi connectivity index (χ1) is 11.4. The number of hydrogen-bond acceptors (Lipinski definition) is 5. The topological polar surface area (TPSA) is 81.9 Å². The van der Waals surface area contributed by atoms with Gasteiger partial charge in [0.1, 0.15) is 0 Å². The molecule has 0 spiro atoms. The Labute approximate surface area is 152 Å². The van der Waals surface area contributed by atoms with E-state index < -0.39 is 8.32 Å². The number of amides is 1. The fraction of sp³-hybridized carbons (Fsp3) is 0.824. The molecule has 0 unspecified atom stereocenters. The lowest BCUT2D eigenvalue weighted by molar-refractivity contribution is -0.486. The molecule has 0 saturated heterocycles. The first-order valence-electron chi connectivity index (χ1n) is 8.66. The van der Waals surface area contributed by atoms with E-state index in [1.807, 2.05) is 0 Å². The normalized spacial score (nSPS) is 13.9. The number of carbonyl (C=O) groups excluding carboxylic acids is 1. The number of carbonyl (C=O) groups is 1. The minimum absolute atomic E-state index is 0.177. The lowest BCUT2D eigenvalue weighted by Gasteiger charge is -2.36. The van der Waals surface area contributed by atoms with Gasteiger partial charge in [-0.25, -0.2) is 5.06 Å². The van der Waals surface area contributed by atoms with Crippen molar-refractivity contribution in [1.82, 2.24) is 5.06 Å². The van der Waals surface area contributed by atoms with Crippen LogP contribution in [0.25, 0.3) is 0 Å². The third-order valence-electron chi connectivity index (χ3n) is 4.72. The summed E-state index contributed by atoms with van der Waals surface area (Å²) in [5.41, 5.74) is 0.